The van der Waals surface area contributed by atoms with Crippen molar-refractivity contribution < 1.29 is 4.74 Å². The third-order valence-corrected chi connectivity index (χ3v) is 2.64. The van der Waals surface area contributed by atoms with Crippen LogP contribution in [0.2, 0.25) is 0 Å². The molecular weight excluding hydrogens is 230 g/mol. The summed E-state index contributed by atoms with van der Waals surface area (Å²) in [5, 5.41) is 0. The summed E-state index contributed by atoms with van der Waals surface area (Å²) < 4.78 is 5.74. The number of hydrogen-bond acceptors (Lipinski definition) is 3. The summed E-state index contributed by atoms with van der Waals surface area (Å²) >= 11 is 4.22. The standard InChI is InChI=1S/C14H15NOS/c15-12-4-6-13(7-5-12)16-14-3-1-2-11(10-14)8-9-17/h1-7,10,17H,8-9,15H2. The molecule has 0 aliphatic heterocycles. The van der Waals surface area contributed by atoms with Gasteiger partial charge in [0, 0.05) is 5.69 Å². The first-order chi connectivity index (χ1) is 8.28. The van der Waals surface area contributed by atoms with Gasteiger partial charge in [-0.05, 0) is 54.1 Å². The van der Waals surface area contributed by atoms with Gasteiger partial charge in [-0.3, -0.25) is 0 Å². The molecule has 0 atom stereocenters. The van der Waals surface area contributed by atoms with Crippen molar-refractivity contribution in [1.82, 2.24) is 0 Å². The van der Waals surface area contributed by atoms with Crippen LogP contribution in [0.1, 0.15) is 5.56 Å². The van der Waals surface area contributed by atoms with Gasteiger partial charge < -0.3 is 10.5 Å². The highest BCUT2D eigenvalue weighted by atomic mass is 32.1. The number of rotatable bonds is 4. The van der Waals surface area contributed by atoms with Crippen LogP contribution in [-0.2, 0) is 6.42 Å². The molecule has 2 nitrogen and oxygen atoms in total. The van der Waals surface area contributed by atoms with Crippen LogP contribution in [0.4, 0.5) is 5.69 Å². The van der Waals surface area contributed by atoms with Crippen molar-refractivity contribution >= 4 is 18.3 Å². The van der Waals surface area contributed by atoms with Gasteiger partial charge in [0.1, 0.15) is 11.5 Å². The Kier molecular flexibility index (Phi) is 3.94. The van der Waals surface area contributed by atoms with E-state index in [4.69, 9.17) is 10.5 Å². The van der Waals surface area contributed by atoms with Crippen molar-refractivity contribution in [2.45, 2.75) is 6.42 Å². The fourth-order valence-electron chi connectivity index (χ4n) is 1.57. The second-order valence-electron chi connectivity index (χ2n) is 3.79. The van der Waals surface area contributed by atoms with Crippen LogP contribution in [0.3, 0.4) is 0 Å². The molecule has 0 spiro atoms. The van der Waals surface area contributed by atoms with Crippen molar-refractivity contribution in [2.24, 2.45) is 0 Å². The van der Waals surface area contributed by atoms with E-state index in [1.807, 2.05) is 42.5 Å². The minimum absolute atomic E-state index is 0.737. The number of nitrogens with two attached hydrogens (primary N) is 1. The van der Waals surface area contributed by atoms with E-state index in [1.165, 1.54) is 5.56 Å². The van der Waals surface area contributed by atoms with E-state index in [2.05, 4.69) is 18.7 Å². The van der Waals surface area contributed by atoms with Gasteiger partial charge in [0.15, 0.2) is 0 Å². The Bertz CT molecular complexity index is 482. The Morgan fingerprint density at radius 1 is 1.00 bits per heavy atom. The molecule has 2 aromatic carbocycles. The second-order valence-corrected chi connectivity index (χ2v) is 4.24. The number of anilines is 1. The zero-order valence-corrected chi connectivity index (χ0v) is 10.4. The largest absolute Gasteiger partial charge is 0.457 e. The highest BCUT2D eigenvalue weighted by Gasteiger charge is 1.98. The van der Waals surface area contributed by atoms with Crippen molar-refractivity contribution in [3.8, 4) is 11.5 Å². The average Bonchev–Trinajstić information content (AvgIpc) is 2.33. The first kappa shape index (κ1) is 11.9. The molecule has 88 valence electrons. The molecule has 0 aromatic heterocycles. The Balaban J connectivity index is 2.12. The van der Waals surface area contributed by atoms with Crippen LogP contribution >= 0.6 is 12.6 Å². The highest BCUT2D eigenvalue weighted by Crippen LogP contribution is 2.23. The molecule has 2 N–H and O–H groups in total. The first-order valence-corrected chi connectivity index (χ1v) is 6.14. The minimum atomic E-state index is 0.737. The molecule has 0 aliphatic rings. The Labute approximate surface area is 107 Å². The second kappa shape index (κ2) is 5.64. The molecule has 0 aliphatic carbocycles. The van der Waals surface area contributed by atoms with Crippen molar-refractivity contribution in [3.63, 3.8) is 0 Å². The molecule has 0 saturated heterocycles. The number of ether oxygens (including phenoxy) is 1. The number of aryl methyl sites for hydroxylation is 1. The van der Waals surface area contributed by atoms with E-state index in [0.29, 0.717) is 0 Å². The quantitative estimate of drug-likeness (QED) is 0.638. The van der Waals surface area contributed by atoms with Gasteiger partial charge in [0.25, 0.3) is 0 Å². The van der Waals surface area contributed by atoms with Gasteiger partial charge in [-0.25, -0.2) is 0 Å². The van der Waals surface area contributed by atoms with Crippen LogP contribution in [0, 0.1) is 0 Å². The molecule has 0 heterocycles. The summed E-state index contributed by atoms with van der Waals surface area (Å²) in [6.45, 7) is 0. The van der Waals surface area contributed by atoms with Crippen molar-refractivity contribution in [1.29, 1.82) is 0 Å². The highest BCUT2D eigenvalue weighted by molar-refractivity contribution is 7.80. The normalized spacial score (nSPS) is 10.2. The maximum absolute atomic E-state index is 5.74. The van der Waals surface area contributed by atoms with Gasteiger partial charge in [-0.2, -0.15) is 12.6 Å². The molecule has 17 heavy (non-hydrogen) atoms. The first-order valence-electron chi connectivity index (χ1n) is 5.51. The van der Waals surface area contributed by atoms with Crippen molar-refractivity contribution in [3.05, 3.63) is 54.1 Å². The molecule has 0 fully saturated rings. The van der Waals surface area contributed by atoms with E-state index in [9.17, 15) is 0 Å². The summed E-state index contributed by atoms with van der Waals surface area (Å²) in [4.78, 5) is 0. The van der Waals surface area contributed by atoms with E-state index in [-0.39, 0.29) is 0 Å². The zero-order chi connectivity index (χ0) is 12.1. The van der Waals surface area contributed by atoms with Crippen LogP contribution in [0.15, 0.2) is 48.5 Å². The molecule has 2 aromatic rings. The van der Waals surface area contributed by atoms with Gasteiger partial charge in [0.05, 0.1) is 0 Å². The van der Waals surface area contributed by atoms with Gasteiger partial charge in [0.2, 0.25) is 0 Å². The van der Waals surface area contributed by atoms with Gasteiger partial charge >= 0.3 is 0 Å². The Hall–Kier alpha value is -1.61. The average molecular weight is 245 g/mol. The number of thiol groups is 1. The van der Waals surface area contributed by atoms with Gasteiger partial charge in [-0.15, -0.1) is 0 Å². The molecule has 0 unspecified atom stereocenters. The Morgan fingerprint density at radius 3 is 2.47 bits per heavy atom. The smallest absolute Gasteiger partial charge is 0.127 e. The lowest BCUT2D eigenvalue weighted by Crippen LogP contribution is -1.89. The predicted molar refractivity (Wildman–Crippen MR) is 74.9 cm³/mol. The van der Waals surface area contributed by atoms with Crippen LogP contribution in [-0.4, -0.2) is 5.75 Å². The lowest BCUT2D eigenvalue weighted by molar-refractivity contribution is 0.482. The molecule has 0 radical (unpaired) electrons. The van der Waals surface area contributed by atoms with Crippen molar-refractivity contribution in [2.75, 3.05) is 11.5 Å². The van der Waals surface area contributed by atoms with E-state index in [0.717, 1.165) is 29.4 Å². The number of nitrogen functional groups attached to an aromatic ring is 1. The molecule has 0 saturated carbocycles. The van der Waals surface area contributed by atoms with Crippen LogP contribution < -0.4 is 10.5 Å². The summed E-state index contributed by atoms with van der Waals surface area (Å²) in [6, 6.07) is 15.4. The third kappa shape index (κ3) is 3.43. The fraction of sp³-hybridized carbons (Fsp3) is 0.143. The lowest BCUT2D eigenvalue weighted by Gasteiger charge is -2.07. The van der Waals surface area contributed by atoms with E-state index in [1.54, 1.807) is 0 Å². The predicted octanol–water partition coefficient (Wildman–Crippen LogP) is 3.53. The topological polar surface area (TPSA) is 35.2 Å². The maximum atomic E-state index is 5.74. The summed E-state index contributed by atoms with van der Waals surface area (Å²) in [5.74, 6) is 2.47. The summed E-state index contributed by atoms with van der Waals surface area (Å²) in [7, 11) is 0. The van der Waals surface area contributed by atoms with E-state index < -0.39 is 0 Å². The Morgan fingerprint density at radius 2 is 1.76 bits per heavy atom. The molecule has 0 bridgehead atoms. The molecule has 2 rings (SSSR count). The summed E-state index contributed by atoms with van der Waals surface area (Å²) in [6.07, 6.45) is 0.946. The summed E-state index contributed by atoms with van der Waals surface area (Å²) in [5.41, 5.74) is 7.59. The SMILES string of the molecule is Nc1ccc(Oc2cccc(CCS)c2)cc1. The minimum Gasteiger partial charge on any atom is -0.457 e. The zero-order valence-electron chi connectivity index (χ0n) is 9.47. The molecule has 3 heteroatoms. The number of hydrogen-bond donors (Lipinski definition) is 2. The monoisotopic (exact) mass is 245 g/mol. The molecule has 0 amide bonds. The van der Waals surface area contributed by atoms with E-state index >= 15 is 0 Å². The maximum Gasteiger partial charge on any atom is 0.127 e. The molecular formula is C14H15NOS. The van der Waals surface area contributed by atoms with Crippen LogP contribution in [0.5, 0.6) is 11.5 Å². The number of benzene rings is 2. The van der Waals surface area contributed by atoms with Gasteiger partial charge in [-0.1, -0.05) is 12.1 Å². The third-order valence-electron chi connectivity index (χ3n) is 2.41. The van der Waals surface area contributed by atoms with Crippen LogP contribution in [0.25, 0.3) is 0 Å². The fourth-order valence-corrected chi connectivity index (χ4v) is 1.82. The lowest BCUT2D eigenvalue weighted by atomic mass is 10.2.